The summed E-state index contributed by atoms with van der Waals surface area (Å²) < 4.78 is 34.9. The SMILES string of the molecule is CCC(C)N(C(=O)COc1ccc([N+](=O)[O-])cc1-c1ccc(OC)cc1)C1CCS(=O)(=O)C1. The number of methoxy groups -OCH3 is 1. The second-order valence-corrected chi connectivity index (χ2v) is 10.3. The van der Waals surface area contributed by atoms with Crippen molar-refractivity contribution < 1.29 is 27.6 Å². The van der Waals surface area contributed by atoms with Crippen LogP contribution in [0.3, 0.4) is 0 Å². The van der Waals surface area contributed by atoms with E-state index in [0.717, 1.165) is 0 Å². The van der Waals surface area contributed by atoms with Crippen LogP contribution in [0.15, 0.2) is 42.5 Å². The van der Waals surface area contributed by atoms with Crippen molar-refractivity contribution in [2.24, 2.45) is 0 Å². The Bertz CT molecular complexity index is 1120. The number of hydrogen-bond donors (Lipinski definition) is 0. The fourth-order valence-electron chi connectivity index (χ4n) is 3.97. The summed E-state index contributed by atoms with van der Waals surface area (Å²) in [6.45, 7) is 3.52. The van der Waals surface area contributed by atoms with Gasteiger partial charge in [0.2, 0.25) is 0 Å². The molecule has 0 aromatic heterocycles. The van der Waals surface area contributed by atoms with Gasteiger partial charge < -0.3 is 14.4 Å². The van der Waals surface area contributed by atoms with Gasteiger partial charge in [0.25, 0.3) is 11.6 Å². The molecule has 178 valence electrons. The van der Waals surface area contributed by atoms with Crippen molar-refractivity contribution >= 4 is 21.4 Å². The van der Waals surface area contributed by atoms with E-state index in [0.29, 0.717) is 35.5 Å². The average molecular weight is 477 g/mol. The summed E-state index contributed by atoms with van der Waals surface area (Å²) in [6, 6.07) is 10.6. The third kappa shape index (κ3) is 5.81. The largest absolute Gasteiger partial charge is 0.497 e. The minimum absolute atomic E-state index is 0.0439. The molecule has 1 saturated heterocycles. The van der Waals surface area contributed by atoms with Crippen molar-refractivity contribution in [3.8, 4) is 22.6 Å². The molecule has 0 radical (unpaired) electrons. The molecular weight excluding hydrogens is 448 g/mol. The molecule has 1 amide bonds. The van der Waals surface area contributed by atoms with E-state index >= 15 is 0 Å². The maximum Gasteiger partial charge on any atom is 0.270 e. The molecule has 0 aliphatic carbocycles. The normalized spacial score (nSPS) is 17.8. The molecule has 2 aromatic rings. The highest BCUT2D eigenvalue weighted by Gasteiger charge is 2.36. The Morgan fingerprint density at radius 3 is 2.48 bits per heavy atom. The van der Waals surface area contributed by atoms with E-state index in [1.54, 1.807) is 36.3 Å². The van der Waals surface area contributed by atoms with E-state index in [1.165, 1.54) is 18.2 Å². The number of hydrogen-bond acceptors (Lipinski definition) is 7. The van der Waals surface area contributed by atoms with Gasteiger partial charge >= 0.3 is 0 Å². The smallest absolute Gasteiger partial charge is 0.270 e. The highest BCUT2D eigenvalue weighted by atomic mass is 32.2. The Morgan fingerprint density at radius 2 is 1.94 bits per heavy atom. The number of carbonyl (C=O) groups excluding carboxylic acids is 1. The monoisotopic (exact) mass is 476 g/mol. The highest BCUT2D eigenvalue weighted by molar-refractivity contribution is 7.91. The van der Waals surface area contributed by atoms with E-state index in [9.17, 15) is 23.3 Å². The van der Waals surface area contributed by atoms with Crippen molar-refractivity contribution in [1.82, 2.24) is 4.90 Å². The zero-order valence-corrected chi connectivity index (χ0v) is 19.7. The molecule has 0 N–H and O–H groups in total. The minimum atomic E-state index is -3.15. The third-order valence-corrected chi connectivity index (χ3v) is 7.63. The molecule has 10 heteroatoms. The molecule has 0 bridgehead atoms. The predicted molar refractivity (Wildman–Crippen MR) is 124 cm³/mol. The molecule has 2 atom stereocenters. The van der Waals surface area contributed by atoms with Crippen LogP contribution in [0, 0.1) is 10.1 Å². The number of non-ortho nitro benzene ring substituents is 1. The first-order valence-corrected chi connectivity index (χ1v) is 12.5. The lowest BCUT2D eigenvalue weighted by atomic mass is 10.0. The van der Waals surface area contributed by atoms with Crippen molar-refractivity contribution in [3.63, 3.8) is 0 Å². The van der Waals surface area contributed by atoms with Gasteiger partial charge in [-0.3, -0.25) is 14.9 Å². The average Bonchev–Trinajstić information content (AvgIpc) is 3.16. The molecule has 3 rings (SSSR count). The van der Waals surface area contributed by atoms with Gasteiger partial charge in [-0.1, -0.05) is 19.1 Å². The highest BCUT2D eigenvalue weighted by Crippen LogP contribution is 2.34. The predicted octanol–water partition coefficient (Wildman–Crippen LogP) is 3.46. The quantitative estimate of drug-likeness (QED) is 0.402. The van der Waals surface area contributed by atoms with Gasteiger partial charge in [-0.2, -0.15) is 0 Å². The topological polar surface area (TPSA) is 116 Å². The maximum atomic E-state index is 13.1. The number of nitro benzene ring substituents is 1. The summed E-state index contributed by atoms with van der Waals surface area (Å²) in [4.78, 5) is 25.5. The Balaban J connectivity index is 1.85. The first kappa shape index (κ1) is 24.5. The second kappa shape index (κ2) is 10.2. The molecular formula is C23H28N2O7S. The number of sulfone groups is 1. The van der Waals surface area contributed by atoms with Crippen LogP contribution in [0.1, 0.15) is 26.7 Å². The van der Waals surface area contributed by atoms with Crippen LogP contribution in [0.5, 0.6) is 11.5 Å². The van der Waals surface area contributed by atoms with Crippen LogP contribution >= 0.6 is 0 Å². The minimum Gasteiger partial charge on any atom is -0.497 e. The van der Waals surface area contributed by atoms with E-state index in [4.69, 9.17) is 9.47 Å². The number of benzene rings is 2. The van der Waals surface area contributed by atoms with Crippen molar-refractivity contribution in [2.45, 2.75) is 38.8 Å². The van der Waals surface area contributed by atoms with Crippen LogP contribution in [0.25, 0.3) is 11.1 Å². The lowest BCUT2D eigenvalue weighted by Gasteiger charge is -2.33. The Morgan fingerprint density at radius 1 is 1.24 bits per heavy atom. The van der Waals surface area contributed by atoms with Crippen molar-refractivity contribution in [2.75, 3.05) is 25.2 Å². The lowest BCUT2D eigenvalue weighted by Crippen LogP contribution is -2.48. The number of amides is 1. The van der Waals surface area contributed by atoms with Crippen LogP contribution in [-0.4, -0.2) is 61.5 Å². The Kier molecular flexibility index (Phi) is 7.57. The van der Waals surface area contributed by atoms with Gasteiger partial charge in [0.05, 0.1) is 23.5 Å². The molecule has 2 unspecified atom stereocenters. The Hall–Kier alpha value is -3.14. The summed E-state index contributed by atoms with van der Waals surface area (Å²) >= 11 is 0. The first-order valence-electron chi connectivity index (χ1n) is 10.7. The van der Waals surface area contributed by atoms with E-state index < -0.39 is 14.8 Å². The maximum absolute atomic E-state index is 13.1. The molecule has 1 heterocycles. The number of carbonyl (C=O) groups is 1. The summed E-state index contributed by atoms with van der Waals surface area (Å²) in [5, 5.41) is 11.3. The molecule has 33 heavy (non-hydrogen) atoms. The molecule has 9 nitrogen and oxygen atoms in total. The summed E-state index contributed by atoms with van der Waals surface area (Å²) in [5.41, 5.74) is 1.04. The summed E-state index contributed by atoms with van der Waals surface area (Å²) in [6.07, 6.45) is 1.09. The van der Waals surface area contributed by atoms with Gasteiger partial charge in [0, 0.05) is 29.8 Å². The van der Waals surface area contributed by atoms with Gasteiger partial charge in [-0.25, -0.2) is 8.42 Å². The first-order chi connectivity index (χ1) is 15.6. The number of ether oxygens (including phenoxy) is 2. The fourth-order valence-corrected chi connectivity index (χ4v) is 5.68. The van der Waals surface area contributed by atoms with Crippen LogP contribution in [0.4, 0.5) is 5.69 Å². The van der Waals surface area contributed by atoms with E-state index in [2.05, 4.69) is 0 Å². The fraction of sp³-hybridized carbons (Fsp3) is 0.435. The van der Waals surface area contributed by atoms with Crippen LogP contribution < -0.4 is 9.47 Å². The van der Waals surface area contributed by atoms with E-state index in [1.807, 2.05) is 13.8 Å². The van der Waals surface area contributed by atoms with Crippen LogP contribution in [-0.2, 0) is 14.6 Å². The van der Waals surface area contributed by atoms with E-state index in [-0.39, 0.29) is 41.8 Å². The third-order valence-electron chi connectivity index (χ3n) is 5.88. The second-order valence-electron chi connectivity index (χ2n) is 8.07. The lowest BCUT2D eigenvalue weighted by molar-refractivity contribution is -0.384. The molecule has 0 spiro atoms. The molecule has 1 aliphatic heterocycles. The van der Waals surface area contributed by atoms with Crippen molar-refractivity contribution in [1.29, 1.82) is 0 Å². The number of nitrogens with zero attached hydrogens (tertiary/aromatic N) is 2. The summed E-state index contributed by atoms with van der Waals surface area (Å²) in [5.74, 6) is 0.672. The van der Waals surface area contributed by atoms with Gasteiger partial charge in [0.1, 0.15) is 11.5 Å². The molecule has 1 aliphatic rings. The standard InChI is InChI=1S/C23H28N2O7S/c1-4-16(2)24(19-11-12-33(29,30)15-19)23(26)14-32-22-10-7-18(25(27)28)13-21(22)17-5-8-20(31-3)9-6-17/h5-10,13,16,19H,4,11-12,14-15H2,1-3H3. The summed E-state index contributed by atoms with van der Waals surface area (Å²) in [7, 11) is -1.61. The zero-order valence-electron chi connectivity index (χ0n) is 18.9. The molecule has 1 fully saturated rings. The number of nitro groups is 1. The van der Waals surface area contributed by atoms with Crippen molar-refractivity contribution in [3.05, 3.63) is 52.6 Å². The number of rotatable bonds is 9. The van der Waals surface area contributed by atoms with Gasteiger partial charge in [-0.05, 0) is 43.5 Å². The molecule has 2 aromatic carbocycles. The zero-order chi connectivity index (χ0) is 24.2. The Labute approximate surface area is 193 Å². The van der Waals surface area contributed by atoms with Crippen LogP contribution in [0.2, 0.25) is 0 Å². The van der Waals surface area contributed by atoms with Gasteiger partial charge in [0.15, 0.2) is 16.4 Å². The molecule has 0 saturated carbocycles. The van der Waals surface area contributed by atoms with Gasteiger partial charge in [-0.15, -0.1) is 0 Å².